The van der Waals surface area contributed by atoms with Crippen molar-refractivity contribution in [3.63, 3.8) is 0 Å². The van der Waals surface area contributed by atoms with Crippen LogP contribution in [-0.4, -0.2) is 77.3 Å². The molecular formula is C25H33FN4O4. The second-order valence-electron chi connectivity index (χ2n) is 8.79. The predicted molar refractivity (Wildman–Crippen MR) is 127 cm³/mol. The molecule has 0 fully saturated rings. The first kappa shape index (κ1) is 25.4. The molecule has 1 aliphatic rings. The Kier molecular flexibility index (Phi) is 8.44. The first-order valence-corrected chi connectivity index (χ1v) is 11.6. The minimum Gasteiger partial charge on any atom is -0.472 e. The van der Waals surface area contributed by atoms with Crippen molar-refractivity contribution in [2.45, 2.75) is 39.3 Å². The highest BCUT2D eigenvalue weighted by atomic mass is 19.1. The van der Waals surface area contributed by atoms with Crippen LogP contribution in [0.15, 0.2) is 36.5 Å². The molecule has 34 heavy (non-hydrogen) atoms. The topological polar surface area (TPSA) is 95.0 Å². The molecule has 1 aromatic heterocycles. The van der Waals surface area contributed by atoms with Crippen LogP contribution in [0.25, 0.3) is 11.1 Å². The van der Waals surface area contributed by atoms with E-state index in [9.17, 15) is 19.1 Å². The summed E-state index contributed by atoms with van der Waals surface area (Å²) >= 11 is 0. The molecule has 184 valence electrons. The van der Waals surface area contributed by atoms with Gasteiger partial charge in [-0.15, -0.1) is 0 Å². The smallest absolute Gasteiger partial charge is 0.317 e. The SMILES string of the molecule is CCCNC(=O)N(C)C[C@@H]1Oc2ncc(-c3ccccc3F)cc2C(=O)N([C@H](C)CO)C[C@H]1C. The van der Waals surface area contributed by atoms with Crippen molar-refractivity contribution in [2.24, 2.45) is 5.92 Å². The Morgan fingerprint density at radius 1 is 1.38 bits per heavy atom. The van der Waals surface area contributed by atoms with E-state index in [-0.39, 0.29) is 42.5 Å². The molecule has 1 aliphatic heterocycles. The second kappa shape index (κ2) is 11.3. The lowest BCUT2D eigenvalue weighted by atomic mass is 9.99. The summed E-state index contributed by atoms with van der Waals surface area (Å²) in [6.07, 6.45) is 1.85. The van der Waals surface area contributed by atoms with Gasteiger partial charge in [0.05, 0.1) is 19.2 Å². The number of likely N-dealkylation sites (N-methyl/N-ethyl adjacent to an activating group) is 1. The molecule has 3 atom stereocenters. The van der Waals surface area contributed by atoms with E-state index in [1.54, 1.807) is 48.0 Å². The normalized spacial score (nSPS) is 18.9. The van der Waals surface area contributed by atoms with Gasteiger partial charge in [0.25, 0.3) is 5.91 Å². The number of aromatic nitrogens is 1. The Morgan fingerprint density at radius 3 is 2.79 bits per heavy atom. The van der Waals surface area contributed by atoms with E-state index >= 15 is 0 Å². The first-order valence-electron chi connectivity index (χ1n) is 11.6. The number of hydrogen-bond acceptors (Lipinski definition) is 5. The number of aliphatic hydroxyl groups is 1. The van der Waals surface area contributed by atoms with Gasteiger partial charge in [0, 0.05) is 43.4 Å². The third kappa shape index (κ3) is 5.64. The van der Waals surface area contributed by atoms with Crippen molar-refractivity contribution in [1.29, 1.82) is 0 Å². The fraction of sp³-hybridized carbons (Fsp3) is 0.480. The first-order chi connectivity index (χ1) is 16.3. The number of aliphatic hydroxyl groups excluding tert-OH is 1. The van der Waals surface area contributed by atoms with E-state index in [0.717, 1.165) is 6.42 Å². The van der Waals surface area contributed by atoms with Crippen LogP contribution in [0.3, 0.4) is 0 Å². The lowest BCUT2D eigenvalue weighted by Gasteiger charge is -2.37. The molecule has 0 bridgehead atoms. The molecule has 9 heteroatoms. The van der Waals surface area contributed by atoms with Crippen LogP contribution in [0.4, 0.5) is 9.18 Å². The highest BCUT2D eigenvalue weighted by Crippen LogP contribution is 2.31. The summed E-state index contributed by atoms with van der Waals surface area (Å²) in [6, 6.07) is 7.20. The Bertz CT molecular complexity index is 1020. The summed E-state index contributed by atoms with van der Waals surface area (Å²) in [5, 5.41) is 12.6. The number of urea groups is 1. The largest absolute Gasteiger partial charge is 0.472 e. The van der Waals surface area contributed by atoms with Gasteiger partial charge in [-0.2, -0.15) is 0 Å². The maximum Gasteiger partial charge on any atom is 0.317 e. The number of pyridine rings is 1. The average molecular weight is 473 g/mol. The fourth-order valence-corrected chi connectivity index (χ4v) is 3.88. The van der Waals surface area contributed by atoms with Crippen LogP contribution in [-0.2, 0) is 0 Å². The van der Waals surface area contributed by atoms with Gasteiger partial charge in [-0.1, -0.05) is 32.0 Å². The molecule has 2 aromatic rings. The second-order valence-corrected chi connectivity index (χ2v) is 8.79. The van der Waals surface area contributed by atoms with Crippen LogP contribution in [0, 0.1) is 11.7 Å². The van der Waals surface area contributed by atoms with E-state index < -0.39 is 18.0 Å². The summed E-state index contributed by atoms with van der Waals surface area (Å²) in [6.45, 7) is 6.64. The third-order valence-electron chi connectivity index (χ3n) is 6.03. The monoisotopic (exact) mass is 472 g/mol. The van der Waals surface area contributed by atoms with E-state index in [2.05, 4.69) is 10.3 Å². The number of fused-ring (bicyclic) bond motifs is 1. The number of benzene rings is 1. The summed E-state index contributed by atoms with van der Waals surface area (Å²) in [5.74, 6) is -0.795. The van der Waals surface area contributed by atoms with Crippen molar-refractivity contribution < 1.29 is 23.8 Å². The number of rotatable bonds is 7. The number of amides is 3. The Hall–Kier alpha value is -3.20. The quantitative estimate of drug-likeness (QED) is 0.646. The maximum atomic E-state index is 14.4. The number of carbonyl (C=O) groups excluding carboxylic acids is 2. The zero-order chi connectivity index (χ0) is 24.8. The summed E-state index contributed by atoms with van der Waals surface area (Å²) in [7, 11) is 1.69. The van der Waals surface area contributed by atoms with Crippen LogP contribution in [0.5, 0.6) is 5.88 Å². The van der Waals surface area contributed by atoms with Crippen LogP contribution in [0.1, 0.15) is 37.6 Å². The van der Waals surface area contributed by atoms with Gasteiger partial charge in [-0.3, -0.25) is 4.79 Å². The zero-order valence-electron chi connectivity index (χ0n) is 20.1. The summed E-state index contributed by atoms with van der Waals surface area (Å²) in [4.78, 5) is 33.4. The highest BCUT2D eigenvalue weighted by Gasteiger charge is 2.34. The molecule has 2 N–H and O–H groups in total. The Morgan fingerprint density at radius 2 is 2.12 bits per heavy atom. The lowest BCUT2D eigenvalue weighted by molar-refractivity contribution is 0.0352. The van der Waals surface area contributed by atoms with E-state index in [0.29, 0.717) is 24.2 Å². The zero-order valence-corrected chi connectivity index (χ0v) is 20.1. The van der Waals surface area contributed by atoms with Gasteiger partial charge in [-0.25, -0.2) is 14.2 Å². The number of nitrogens with zero attached hydrogens (tertiary/aromatic N) is 3. The van der Waals surface area contributed by atoms with Crippen molar-refractivity contribution in [2.75, 3.05) is 33.3 Å². The summed E-state index contributed by atoms with van der Waals surface area (Å²) in [5.41, 5.74) is 0.967. The van der Waals surface area contributed by atoms with Crippen LogP contribution in [0.2, 0.25) is 0 Å². The highest BCUT2D eigenvalue weighted by molar-refractivity contribution is 5.98. The Balaban J connectivity index is 1.99. The third-order valence-corrected chi connectivity index (χ3v) is 6.03. The van der Waals surface area contributed by atoms with Gasteiger partial charge >= 0.3 is 6.03 Å². The minimum atomic E-state index is -0.454. The van der Waals surface area contributed by atoms with Gasteiger partial charge < -0.3 is 25.0 Å². The molecule has 0 saturated heterocycles. The van der Waals surface area contributed by atoms with Crippen LogP contribution < -0.4 is 10.1 Å². The predicted octanol–water partition coefficient (Wildman–Crippen LogP) is 3.16. The number of halogens is 1. The van der Waals surface area contributed by atoms with Crippen molar-refractivity contribution in [3.8, 4) is 17.0 Å². The van der Waals surface area contributed by atoms with Crippen molar-refractivity contribution in [1.82, 2.24) is 20.1 Å². The van der Waals surface area contributed by atoms with Crippen molar-refractivity contribution in [3.05, 3.63) is 47.9 Å². The molecule has 0 radical (unpaired) electrons. The van der Waals surface area contributed by atoms with Gasteiger partial charge in [0.2, 0.25) is 5.88 Å². The average Bonchev–Trinajstić information content (AvgIpc) is 2.84. The molecule has 0 spiro atoms. The van der Waals surface area contributed by atoms with Crippen LogP contribution >= 0.6 is 0 Å². The minimum absolute atomic E-state index is 0.124. The van der Waals surface area contributed by atoms with E-state index in [1.807, 2.05) is 13.8 Å². The summed E-state index contributed by atoms with van der Waals surface area (Å²) < 4.78 is 20.6. The molecule has 3 rings (SSSR count). The maximum absolute atomic E-state index is 14.4. The van der Waals surface area contributed by atoms with E-state index in [1.165, 1.54) is 12.3 Å². The van der Waals surface area contributed by atoms with Gasteiger partial charge in [0.1, 0.15) is 17.5 Å². The lowest BCUT2D eigenvalue weighted by Crippen LogP contribution is -2.51. The molecule has 1 aromatic carbocycles. The molecule has 8 nitrogen and oxygen atoms in total. The molecule has 2 heterocycles. The van der Waals surface area contributed by atoms with Gasteiger partial charge in [0.15, 0.2) is 0 Å². The molecule has 0 unspecified atom stereocenters. The molecule has 0 aliphatic carbocycles. The number of nitrogens with one attached hydrogen (secondary N) is 1. The van der Waals surface area contributed by atoms with Crippen molar-refractivity contribution >= 4 is 11.9 Å². The standard InChI is InChI=1S/C25H33FN4O4/c1-5-10-27-25(33)29(4)14-22-16(2)13-30(17(3)15-31)24(32)20-11-18(12-28-23(20)34-22)19-8-6-7-9-21(19)26/h6-9,11-12,16-17,22,31H,5,10,13-15H2,1-4H3,(H,27,33)/t16-,17-,22+/m1/s1. The number of carbonyl (C=O) groups is 2. The Labute approximate surface area is 199 Å². The molecular weight excluding hydrogens is 439 g/mol. The van der Waals surface area contributed by atoms with Gasteiger partial charge in [-0.05, 0) is 25.5 Å². The van der Waals surface area contributed by atoms with E-state index in [4.69, 9.17) is 4.74 Å². The molecule has 3 amide bonds. The fourth-order valence-electron chi connectivity index (χ4n) is 3.88. The number of ether oxygens (including phenoxy) is 1. The number of hydrogen-bond donors (Lipinski definition) is 2. The molecule has 0 saturated carbocycles.